The first-order chi connectivity index (χ1) is 7.16. The Morgan fingerprint density at radius 1 is 1.60 bits per heavy atom. The monoisotopic (exact) mass is 209 g/mol. The lowest BCUT2D eigenvalue weighted by molar-refractivity contribution is 0.481. The second kappa shape index (κ2) is 4.14. The van der Waals surface area contributed by atoms with Crippen LogP contribution in [0.2, 0.25) is 0 Å². The van der Waals surface area contributed by atoms with Crippen LogP contribution in [0.1, 0.15) is 12.5 Å². The van der Waals surface area contributed by atoms with E-state index in [1.807, 2.05) is 6.92 Å². The number of anilines is 1. The summed E-state index contributed by atoms with van der Waals surface area (Å²) in [6.07, 6.45) is 1.29. The molecule has 0 bridgehead atoms. The number of piperazine rings is 1. The molecule has 0 spiro atoms. The minimum absolute atomic E-state index is 0.264. The van der Waals surface area contributed by atoms with Crippen molar-refractivity contribution in [1.29, 1.82) is 0 Å². The van der Waals surface area contributed by atoms with Crippen LogP contribution in [-0.4, -0.2) is 30.7 Å². The van der Waals surface area contributed by atoms with Crippen molar-refractivity contribution < 1.29 is 4.39 Å². The fourth-order valence-corrected chi connectivity index (χ4v) is 1.99. The fourth-order valence-electron chi connectivity index (χ4n) is 1.99. The Hall–Kier alpha value is -1.16. The predicted octanol–water partition coefficient (Wildman–Crippen LogP) is 1.33. The number of pyridine rings is 1. The van der Waals surface area contributed by atoms with Crippen molar-refractivity contribution in [3.8, 4) is 0 Å². The molecule has 0 aliphatic carbocycles. The zero-order valence-electron chi connectivity index (χ0n) is 9.13. The van der Waals surface area contributed by atoms with Crippen LogP contribution >= 0.6 is 0 Å². The number of aryl methyl sites for hydroxylation is 1. The van der Waals surface area contributed by atoms with Crippen molar-refractivity contribution >= 4 is 5.82 Å². The molecule has 1 aromatic heterocycles. The highest BCUT2D eigenvalue weighted by molar-refractivity contribution is 5.46. The molecule has 1 saturated heterocycles. The number of nitrogens with one attached hydrogen (secondary N) is 1. The largest absolute Gasteiger partial charge is 0.354 e. The summed E-state index contributed by atoms with van der Waals surface area (Å²) >= 11 is 0. The number of nitrogens with zero attached hydrogens (tertiary/aromatic N) is 2. The fraction of sp³-hybridized carbons (Fsp3) is 0.545. The standard InChI is InChI=1S/C11H16FN3/c1-8-5-10(12)6-14-11(8)15-4-3-13-9(2)7-15/h5-6,9,13H,3-4,7H2,1-2H3. The van der Waals surface area contributed by atoms with Gasteiger partial charge in [-0.05, 0) is 25.5 Å². The Labute approximate surface area is 89.3 Å². The lowest BCUT2D eigenvalue weighted by Gasteiger charge is -2.33. The maximum Gasteiger partial charge on any atom is 0.141 e. The number of rotatable bonds is 1. The van der Waals surface area contributed by atoms with E-state index in [0.29, 0.717) is 6.04 Å². The van der Waals surface area contributed by atoms with Gasteiger partial charge in [-0.3, -0.25) is 0 Å². The number of hydrogen-bond acceptors (Lipinski definition) is 3. The van der Waals surface area contributed by atoms with Gasteiger partial charge in [-0.15, -0.1) is 0 Å². The third kappa shape index (κ3) is 2.26. The van der Waals surface area contributed by atoms with Crippen LogP contribution in [0.15, 0.2) is 12.3 Å². The first-order valence-corrected chi connectivity index (χ1v) is 5.27. The maximum atomic E-state index is 12.9. The van der Waals surface area contributed by atoms with Gasteiger partial charge in [0.05, 0.1) is 6.20 Å². The van der Waals surface area contributed by atoms with Gasteiger partial charge < -0.3 is 10.2 Å². The Balaban J connectivity index is 2.21. The molecule has 1 fully saturated rings. The van der Waals surface area contributed by atoms with Crippen LogP contribution in [0.3, 0.4) is 0 Å². The molecule has 2 rings (SSSR count). The van der Waals surface area contributed by atoms with Crippen LogP contribution in [-0.2, 0) is 0 Å². The zero-order valence-corrected chi connectivity index (χ0v) is 9.13. The Bertz CT molecular complexity index is 354. The minimum Gasteiger partial charge on any atom is -0.354 e. The third-order valence-corrected chi connectivity index (χ3v) is 2.69. The molecule has 82 valence electrons. The quantitative estimate of drug-likeness (QED) is 0.756. The molecule has 1 N–H and O–H groups in total. The summed E-state index contributed by atoms with van der Waals surface area (Å²) in [5.41, 5.74) is 0.907. The Kier molecular flexibility index (Phi) is 2.86. The van der Waals surface area contributed by atoms with Crippen molar-refractivity contribution in [2.75, 3.05) is 24.5 Å². The van der Waals surface area contributed by atoms with E-state index in [0.717, 1.165) is 31.0 Å². The normalized spacial score (nSPS) is 21.8. The molecule has 0 amide bonds. The second-order valence-corrected chi connectivity index (χ2v) is 4.10. The van der Waals surface area contributed by atoms with Crippen LogP contribution in [0, 0.1) is 12.7 Å². The van der Waals surface area contributed by atoms with E-state index in [1.54, 1.807) is 0 Å². The molecule has 1 atom stereocenters. The number of halogens is 1. The number of hydrogen-bond donors (Lipinski definition) is 1. The zero-order chi connectivity index (χ0) is 10.8. The van der Waals surface area contributed by atoms with Crippen molar-refractivity contribution in [1.82, 2.24) is 10.3 Å². The van der Waals surface area contributed by atoms with Crippen molar-refractivity contribution in [2.45, 2.75) is 19.9 Å². The van der Waals surface area contributed by atoms with Crippen LogP contribution in [0.25, 0.3) is 0 Å². The summed E-state index contributed by atoms with van der Waals surface area (Å²) in [5, 5.41) is 3.37. The second-order valence-electron chi connectivity index (χ2n) is 4.10. The maximum absolute atomic E-state index is 12.9. The van der Waals surface area contributed by atoms with Crippen LogP contribution in [0.5, 0.6) is 0 Å². The molecule has 3 nitrogen and oxygen atoms in total. The number of aromatic nitrogens is 1. The molecule has 0 saturated carbocycles. The molecule has 1 aliphatic heterocycles. The Morgan fingerprint density at radius 2 is 2.40 bits per heavy atom. The summed E-state index contributed by atoms with van der Waals surface area (Å²) < 4.78 is 12.9. The average molecular weight is 209 g/mol. The molecule has 0 radical (unpaired) electrons. The molecule has 15 heavy (non-hydrogen) atoms. The van der Waals surface area contributed by atoms with Crippen LogP contribution < -0.4 is 10.2 Å². The van der Waals surface area contributed by atoms with Crippen molar-refractivity contribution in [2.24, 2.45) is 0 Å². The van der Waals surface area contributed by atoms with E-state index in [1.165, 1.54) is 12.3 Å². The minimum atomic E-state index is -0.264. The summed E-state index contributed by atoms with van der Waals surface area (Å²) in [6, 6.07) is 2.00. The van der Waals surface area contributed by atoms with Gasteiger partial charge in [0, 0.05) is 25.7 Å². The van der Waals surface area contributed by atoms with Gasteiger partial charge in [-0.1, -0.05) is 0 Å². The van der Waals surface area contributed by atoms with E-state index >= 15 is 0 Å². The molecular formula is C11H16FN3. The highest BCUT2D eigenvalue weighted by atomic mass is 19.1. The lowest BCUT2D eigenvalue weighted by atomic mass is 10.2. The van der Waals surface area contributed by atoms with Gasteiger partial charge in [0.25, 0.3) is 0 Å². The molecule has 1 aromatic rings. The van der Waals surface area contributed by atoms with Gasteiger partial charge in [0.1, 0.15) is 11.6 Å². The molecule has 1 unspecified atom stereocenters. The first kappa shape index (κ1) is 10.4. The van der Waals surface area contributed by atoms with Crippen molar-refractivity contribution in [3.05, 3.63) is 23.6 Å². The highest BCUT2D eigenvalue weighted by Crippen LogP contribution is 2.18. The predicted molar refractivity (Wildman–Crippen MR) is 58.6 cm³/mol. The molecule has 0 aromatic carbocycles. The lowest BCUT2D eigenvalue weighted by Crippen LogP contribution is -2.49. The van der Waals surface area contributed by atoms with Gasteiger partial charge >= 0.3 is 0 Å². The summed E-state index contributed by atoms with van der Waals surface area (Å²) in [4.78, 5) is 6.36. The molecular weight excluding hydrogens is 193 g/mol. The van der Waals surface area contributed by atoms with Gasteiger partial charge in [-0.25, -0.2) is 9.37 Å². The summed E-state index contributed by atoms with van der Waals surface area (Å²) in [5.74, 6) is 0.643. The van der Waals surface area contributed by atoms with E-state index < -0.39 is 0 Å². The smallest absolute Gasteiger partial charge is 0.141 e. The first-order valence-electron chi connectivity index (χ1n) is 5.27. The van der Waals surface area contributed by atoms with Gasteiger partial charge in [0.2, 0.25) is 0 Å². The highest BCUT2D eigenvalue weighted by Gasteiger charge is 2.18. The topological polar surface area (TPSA) is 28.2 Å². The van der Waals surface area contributed by atoms with E-state index in [2.05, 4.69) is 22.1 Å². The summed E-state index contributed by atoms with van der Waals surface area (Å²) in [7, 11) is 0. The van der Waals surface area contributed by atoms with Crippen LogP contribution in [0.4, 0.5) is 10.2 Å². The summed E-state index contributed by atoms with van der Waals surface area (Å²) in [6.45, 7) is 6.87. The van der Waals surface area contributed by atoms with Gasteiger partial charge in [0.15, 0.2) is 0 Å². The van der Waals surface area contributed by atoms with Crippen molar-refractivity contribution in [3.63, 3.8) is 0 Å². The average Bonchev–Trinajstić information content (AvgIpc) is 2.17. The Morgan fingerprint density at radius 3 is 3.07 bits per heavy atom. The molecule has 2 heterocycles. The third-order valence-electron chi connectivity index (χ3n) is 2.69. The van der Waals surface area contributed by atoms with E-state index in [-0.39, 0.29) is 5.82 Å². The molecule has 4 heteroatoms. The van der Waals surface area contributed by atoms with E-state index in [9.17, 15) is 4.39 Å². The SMILES string of the molecule is Cc1cc(F)cnc1N1CCNC(C)C1. The molecule has 1 aliphatic rings. The van der Waals surface area contributed by atoms with E-state index in [4.69, 9.17) is 0 Å². The van der Waals surface area contributed by atoms with Gasteiger partial charge in [-0.2, -0.15) is 0 Å².